The van der Waals surface area contributed by atoms with Crippen molar-refractivity contribution in [2.24, 2.45) is 15.4 Å². The molecule has 0 aromatic heterocycles. The molecule has 0 aliphatic carbocycles. The number of aliphatic carboxylic acids is 1. The quantitative estimate of drug-likeness (QED) is 0.763. The van der Waals surface area contributed by atoms with Crippen molar-refractivity contribution in [2.75, 3.05) is 0 Å². The van der Waals surface area contributed by atoms with Crippen LogP contribution in [0.15, 0.2) is 45.8 Å². The van der Waals surface area contributed by atoms with E-state index in [4.69, 9.17) is 5.11 Å². The van der Waals surface area contributed by atoms with Gasteiger partial charge in [0.1, 0.15) is 0 Å². The molecule has 0 saturated carbocycles. The minimum Gasteiger partial charge on any atom is -0.479 e. The Hall–Kier alpha value is -2.04. The fraction of sp³-hybridized carbons (Fsp3) is 0.111. The van der Waals surface area contributed by atoms with E-state index < -0.39 is 11.5 Å². The van der Waals surface area contributed by atoms with E-state index in [1.54, 1.807) is 24.3 Å². The summed E-state index contributed by atoms with van der Waals surface area (Å²) < 4.78 is 0. The number of carboxylic acids is 1. The Morgan fingerprint density at radius 2 is 2.00 bits per heavy atom. The number of carbonyl (C=O) groups is 1. The Morgan fingerprint density at radius 3 is 2.50 bits per heavy atom. The van der Waals surface area contributed by atoms with Crippen molar-refractivity contribution in [2.45, 2.75) is 5.54 Å². The van der Waals surface area contributed by atoms with Gasteiger partial charge < -0.3 is 5.11 Å². The van der Waals surface area contributed by atoms with E-state index in [0.717, 1.165) is 0 Å². The molecule has 1 heterocycles. The highest BCUT2D eigenvalue weighted by Crippen LogP contribution is 2.27. The van der Waals surface area contributed by atoms with Gasteiger partial charge in [0, 0.05) is 0 Å². The maximum atomic E-state index is 11.1. The molecule has 0 amide bonds. The molecule has 2 rings (SSSR count). The fourth-order valence-corrected chi connectivity index (χ4v) is 1.28. The average molecular weight is 189 g/mol. The van der Waals surface area contributed by atoms with E-state index in [9.17, 15) is 4.79 Å². The average Bonchev–Trinajstić information content (AvgIpc) is 2.69. The van der Waals surface area contributed by atoms with Gasteiger partial charge in [-0.3, -0.25) is 0 Å². The van der Waals surface area contributed by atoms with Crippen molar-refractivity contribution in [1.29, 1.82) is 0 Å². The highest BCUT2D eigenvalue weighted by atomic mass is 16.4. The lowest BCUT2D eigenvalue weighted by Gasteiger charge is -2.15. The lowest BCUT2D eigenvalue weighted by Crippen LogP contribution is -2.33. The summed E-state index contributed by atoms with van der Waals surface area (Å²) in [5.41, 5.74) is -0.876. The molecule has 1 atom stereocenters. The summed E-state index contributed by atoms with van der Waals surface area (Å²) in [6, 6.07) is 8.68. The van der Waals surface area contributed by atoms with Crippen LogP contribution in [0.5, 0.6) is 0 Å². The summed E-state index contributed by atoms with van der Waals surface area (Å²) in [7, 11) is 0. The van der Waals surface area contributed by atoms with Crippen molar-refractivity contribution in [3.63, 3.8) is 0 Å². The number of carboxylic acid groups (broad SMARTS) is 1. The van der Waals surface area contributed by atoms with Gasteiger partial charge in [0.25, 0.3) is 0 Å². The first-order valence-corrected chi connectivity index (χ1v) is 4.01. The molecule has 1 aromatic rings. The lowest BCUT2D eigenvalue weighted by atomic mass is 9.92. The normalized spacial score (nSPS) is 24.0. The molecule has 5 nitrogen and oxygen atoms in total. The highest BCUT2D eigenvalue weighted by Gasteiger charge is 2.41. The van der Waals surface area contributed by atoms with Crippen LogP contribution < -0.4 is 0 Å². The Bertz CT molecular complexity index is 399. The summed E-state index contributed by atoms with van der Waals surface area (Å²) in [4.78, 5) is 11.1. The molecule has 0 saturated heterocycles. The first-order valence-electron chi connectivity index (χ1n) is 4.01. The van der Waals surface area contributed by atoms with E-state index in [0.29, 0.717) is 5.56 Å². The van der Waals surface area contributed by atoms with E-state index in [2.05, 4.69) is 15.4 Å². The van der Waals surface area contributed by atoms with Crippen LogP contribution >= 0.6 is 0 Å². The molecule has 0 spiro atoms. The minimum absolute atomic E-state index is 0.553. The maximum Gasteiger partial charge on any atom is 0.344 e. The van der Waals surface area contributed by atoms with Gasteiger partial charge in [0.15, 0.2) is 0 Å². The summed E-state index contributed by atoms with van der Waals surface area (Å²) >= 11 is 0. The number of rotatable bonds is 2. The van der Waals surface area contributed by atoms with Crippen molar-refractivity contribution in [3.05, 3.63) is 35.9 Å². The molecule has 1 aromatic carbocycles. The predicted octanol–water partition coefficient (Wildman–Crippen LogP) is 1.42. The fourth-order valence-electron chi connectivity index (χ4n) is 1.28. The largest absolute Gasteiger partial charge is 0.479 e. The van der Waals surface area contributed by atoms with Crippen LogP contribution in [0.3, 0.4) is 0 Å². The smallest absolute Gasteiger partial charge is 0.344 e. The highest BCUT2D eigenvalue weighted by molar-refractivity contribution is 6.00. The molecule has 1 aliphatic rings. The molecule has 14 heavy (non-hydrogen) atoms. The third-order valence-electron chi connectivity index (χ3n) is 2.04. The monoisotopic (exact) mass is 189 g/mol. The molecule has 1 unspecified atom stereocenters. The van der Waals surface area contributed by atoms with Gasteiger partial charge >= 0.3 is 5.97 Å². The second-order valence-corrected chi connectivity index (χ2v) is 2.87. The minimum atomic E-state index is -1.43. The van der Waals surface area contributed by atoms with Crippen LogP contribution in [0.1, 0.15) is 5.56 Å². The molecule has 0 fully saturated rings. The first kappa shape index (κ1) is 8.55. The molecule has 0 radical (unpaired) electrons. The van der Waals surface area contributed by atoms with Crippen LogP contribution in [0.4, 0.5) is 0 Å². The van der Waals surface area contributed by atoms with Crippen LogP contribution in [0.25, 0.3) is 0 Å². The third-order valence-corrected chi connectivity index (χ3v) is 2.04. The Morgan fingerprint density at radius 1 is 1.29 bits per heavy atom. The molecular formula is C9H7N3O2. The number of hydrogen-bond donors (Lipinski definition) is 1. The van der Waals surface area contributed by atoms with E-state index in [1.807, 2.05) is 6.07 Å². The van der Waals surface area contributed by atoms with E-state index >= 15 is 0 Å². The first-order chi connectivity index (χ1) is 6.76. The maximum absolute atomic E-state index is 11.1. The van der Waals surface area contributed by atoms with Crippen LogP contribution in [-0.4, -0.2) is 17.3 Å². The second kappa shape index (κ2) is 3.02. The Labute approximate surface area is 79.8 Å². The standard InChI is InChI=1S/C9H7N3O2/c13-8(14)9(6-10-12-11-9)7-4-2-1-3-5-7/h1-6H,(H,13,14). The SMILES string of the molecule is O=C(O)C1(c2ccccc2)C=NN=N1. The lowest BCUT2D eigenvalue weighted by molar-refractivity contribution is -0.140. The van der Waals surface area contributed by atoms with Crippen LogP contribution in [0, 0.1) is 0 Å². The van der Waals surface area contributed by atoms with Crippen LogP contribution in [-0.2, 0) is 10.3 Å². The topological polar surface area (TPSA) is 74.4 Å². The third kappa shape index (κ3) is 1.10. The van der Waals surface area contributed by atoms with Crippen molar-refractivity contribution in [3.8, 4) is 0 Å². The second-order valence-electron chi connectivity index (χ2n) is 2.87. The van der Waals surface area contributed by atoms with Gasteiger partial charge in [-0.25, -0.2) is 4.79 Å². The van der Waals surface area contributed by atoms with Gasteiger partial charge in [-0.2, -0.15) is 0 Å². The zero-order valence-corrected chi connectivity index (χ0v) is 7.16. The summed E-state index contributed by atoms with van der Waals surface area (Å²) in [6.07, 6.45) is 1.23. The molecule has 1 N–H and O–H groups in total. The van der Waals surface area contributed by atoms with Gasteiger partial charge in [-0.1, -0.05) is 30.3 Å². The predicted molar refractivity (Wildman–Crippen MR) is 49.1 cm³/mol. The van der Waals surface area contributed by atoms with Crippen LogP contribution in [0.2, 0.25) is 0 Å². The summed E-state index contributed by atoms with van der Waals surface area (Å²) in [5, 5.41) is 19.5. The van der Waals surface area contributed by atoms with E-state index in [1.165, 1.54) is 6.21 Å². The molecule has 1 aliphatic heterocycles. The Balaban J connectivity index is 2.54. The number of benzene rings is 1. The number of nitrogens with zero attached hydrogens (tertiary/aromatic N) is 3. The van der Waals surface area contributed by atoms with Crippen molar-refractivity contribution < 1.29 is 9.90 Å². The molecule has 5 heteroatoms. The molecule has 0 bridgehead atoms. The van der Waals surface area contributed by atoms with E-state index in [-0.39, 0.29) is 0 Å². The van der Waals surface area contributed by atoms with Gasteiger partial charge in [0.05, 0.1) is 6.21 Å². The van der Waals surface area contributed by atoms with Crippen molar-refractivity contribution >= 4 is 12.2 Å². The molecule has 70 valence electrons. The zero-order valence-electron chi connectivity index (χ0n) is 7.16. The Kier molecular flexibility index (Phi) is 1.85. The molecular weight excluding hydrogens is 182 g/mol. The summed E-state index contributed by atoms with van der Waals surface area (Å²) in [6.45, 7) is 0. The zero-order chi connectivity index (χ0) is 10.0. The van der Waals surface area contributed by atoms with Gasteiger partial charge in [-0.05, 0) is 10.8 Å². The number of hydrogen-bond acceptors (Lipinski definition) is 4. The van der Waals surface area contributed by atoms with Crippen molar-refractivity contribution in [1.82, 2.24) is 0 Å². The van der Waals surface area contributed by atoms with Gasteiger partial charge in [-0.15, -0.1) is 10.2 Å². The van der Waals surface area contributed by atoms with Gasteiger partial charge in [0.2, 0.25) is 5.54 Å². The summed E-state index contributed by atoms with van der Waals surface area (Å²) in [5.74, 6) is -1.08.